The Morgan fingerprint density at radius 2 is 2.26 bits per heavy atom. The van der Waals surface area contributed by atoms with Gasteiger partial charge >= 0.3 is 5.97 Å². The molecule has 0 aromatic carbocycles. The van der Waals surface area contributed by atoms with Crippen LogP contribution < -0.4 is 10.6 Å². The maximum Gasteiger partial charge on any atom is 0.311 e. The Bertz CT molecular complexity index is 795. The normalized spacial score (nSPS) is 17.7. The van der Waals surface area contributed by atoms with E-state index in [1.165, 1.54) is 18.2 Å². The van der Waals surface area contributed by atoms with Crippen molar-refractivity contribution in [3.63, 3.8) is 0 Å². The first kappa shape index (κ1) is 15.0. The molecular weight excluding hydrogens is 304 g/mol. The minimum atomic E-state index is -0.559. The van der Waals surface area contributed by atoms with E-state index in [4.69, 9.17) is 10.8 Å². The van der Waals surface area contributed by atoms with Gasteiger partial charge in [-0.25, -0.2) is 9.97 Å². The van der Waals surface area contributed by atoms with Gasteiger partial charge in [0.1, 0.15) is 0 Å². The van der Waals surface area contributed by atoms with Crippen molar-refractivity contribution in [1.29, 1.82) is 0 Å². The average Bonchev–Trinajstić information content (AvgIpc) is 2.95. The van der Waals surface area contributed by atoms with E-state index in [-0.39, 0.29) is 48.4 Å². The molecule has 0 radical (unpaired) electrons. The molecule has 10 heteroatoms. The van der Waals surface area contributed by atoms with Gasteiger partial charge in [0.25, 0.3) is 0 Å². The number of hydrogen-bond donors (Lipinski definition) is 2. The smallest absolute Gasteiger partial charge is 0.311 e. The molecule has 1 saturated heterocycles. The van der Waals surface area contributed by atoms with E-state index < -0.39 is 11.9 Å². The predicted molar refractivity (Wildman–Crippen MR) is 77.9 cm³/mol. The standard InChI is InChI=1S/C13H14N6O4/c1-23-12(22)6-2-8(21)19(4-6)13-17-10(14)9-11(18-13)15-3-7(5-20)16-9/h3,6,20H,2,4-5H2,1H3,(H2,14,15,17,18). The van der Waals surface area contributed by atoms with Crippen molar-refractivity contribution in [3.05, 3.63) is 11.9 Å². The van der Waals surface area contributed by atoms with Gasteiger partial charge in [-0.05, 0) is 0 Å². The van der Waals surface area contributed by atoms with Crippen molar-refractivity contribution in [2.24, 2.45) is 5.92 Å². The Morgan fingerprint density at radius 3 is 2.96 bits per heavy atom. The van der Waals surface area contributed by atoms with E-state index >= 15 is 0 Å². The SMILES string of the molecule is COC(=O)C1CC(=O)N(c2nc(N)c3nc(CO)cnc3n2)C1. The number of esters is 1. The van der Waals surface area contributed by atoms with Crippen LogP contribution in [0.15, 0.2) is 6.20 Å². The zero-order valence-electron chi connectivity index (χ0n) is 12.3. The number of anilines is 2. The second-order valence-electron chi connectivity index (χ2n) is 5.03. The highest BCUT2D eigenvalue weighted by molar-refractivity contribution is 5.99. The fraction of sp³-hybridized carbons (Fsp3) is 0.385. The summed E-state index contributed by atoms with van der Waals surface area (Å²) in [5.41, 5.74) is 6.64. The number of hydrogen-bond acceptors (Lipinski definition) is 9. The number of rotatable bonds is 3. The number of aliphatic hydroxyl groups excluding tert-OH is 1. The fourth-order valence-corrected chi connectivity index (χ4v) is 2.38. The molecule has 1 atom stereocenters. The molecule has 1 unspecified atom stereocenters. The quantitative estimate of drug-likeness (QED) is 0.682. The number of nitrogen functional groups attached to an aromatic ring is 1. The lowest BCUT2D eigenvalue weighted by molar-refractivity contribution is -0.145. The first-order valence-electron chi connectivity index (χ1n) is 6.81. The zero-order valence-corrected chi connectivity index (χ0v) is 12.3. The maximum absolute atomic E-state index is 12.1. The van der Waals surface area contributed by atoms with Gasteiger partial charge in [-0.3, -0.25) is 14.5 Å². The Morgan fingerprint density at radius 1 is 1.48 bits per heavy atom. The van der Waals surface area contributed by atoms with E-state index in [0.717, 1.165) is 0 Å². The number of ether oxygens (including phenoxy) is 1. The van der Waals surface area contributed by atoms with Crippen molar-refractivity contribution in [1.82, 2.24) is 19.9 Å². The number of aromatic nitrogens is 4. The van der Waals surface area contributed by atoms with Gasteiger partial charge in [0.15, 0.2) is 17.0 Å². The number of fused-ring (bicyclic) bond motifs is 1. The fourth-order valence-electron chi connectivity index (χ4n) is 2.38. The van der Waals surface area contributed by atoms with Gasteiger partial charge in [0.05, 0.1) is 31.5 Å². The van der Waals surface area contributed by atoms with Crippen LogP contribution in [0.25, 0.3) is 11.2 Å². The van der Waals surface area contributed by atoms with E-state index in [1.807, 2.05) is 0 Å². The van der Waals surface area contributed by atoms with E-state index in [9.17, 15) is 9.59 Å². The van der Waals surface area contributed by atoms with Gasteiger partial charge < -0.3 is 15.6 Å². The van der Waals surface area contributed by atoms with Gasteiger partial charge in [-0.1, -0.05) is 0 Å². The van der Waals surface area contributed by atoms with Crippen LogP contribution in [0.5, 0.6) is 0 Å². The molecule has 2 aromatic rings. The summed E-state index contributed by atoms with van der Waals surface area (Å²) in [6.45, 7) is -0.159. The highest BCUT2D eigenvalue weighted by atomic mass is 16.5. The number of nitrogens with zero attached hydrogens (tertiary/aromatic N) is 5. The molecule has 0 aliphatic carbocycles. The largest absolute Gasteiger partial charge is 0.469 e. The lowest BCUT2D eigenvalue weighted by Crippen LogP contribution is -2.28. The first-order valence-corrected chi connectivity index (χ1v) is 6.81. The van der Waals surface area contributed by atoms with E-state index in [1.54, 1.807) is 0 Å². The monoisotopic (exact) mass is 318 g/mol. The van der Waals surface area contributed by atoms with E-state index in [2.05, 4.69) is 24.7 Å². The molecule has 120 valence electrons. The van der Waals surface area contributed by atoms with Crippen LogP contribution in [0, 0.1) is 5.92 Å². The molecule has 1 aliphatic rings. The summed E-state index contributed by atoms with van der Waals surface area (Å²) >= 11 is 0. The summed E-state index contributed by atoms with van der Waals surface area (Å²) in [5.74, 6) is -1.20. The van der Waals surface area contributed by atoms with Crippen LogP contribution in [0.3, 0.4) is 0 Å². The van der Waals surface area contributed by atoms with Gasteiger partial charge in [0.2, 0.25) is 11.9 Å². The molecule has 3 rings (SSSR count). The van der Waals surface area contributed by atoms with Crippen LogP contribution in [0.1, 0.15) is 12.1 Å². The zero-order chi connectivity index (χ0) is 16.6. The molecule has 10 nitrogen and oxygen atoms in total. The second-order valence-corrected chi connectivity index (χ2v) is 5.03. The Kier molecular flexibility index (Phi) is 3.74. The number of carbonyl (C=O) groups is 2. The molecule has 0 bridgehead atoms. The van der Waals surface area contributed by atoms with Gasteiger partial charge in [0, 0.05) is 13.0 Å². The van der Waals surface area contributed by atoms with Crippen LogP contribution >= 0.6 is 0 Å². The van der Waals surface area contributed by atoms with Crippen molar-refractivity contribution < 1.29 is 19.4 Å². The Hall–Kier alpha value is -2.88. The Labute approximate surface area is 130 Å². The van der Waals surface area contributed by atoms with Crippen LogP contribution in [0.4, 0.5) is 11.8 Å². The number of nitrogens with two attached hydrogens (primary N) is 1. The summed E-state index contributed by atoms with van der Waals surface area (Å²) < 4.78 is 4.66. The number of carbonyl (C=O) groups excluding carboxylic acids is 2. The Balaban J connectivity index is 1.97. The third kappa shape index (κ3) is 2.63. The summed E-state index contributed by atoms with van der Waals surface area (Å²) in [5, 5.41) is 9.07. The molecule has 23 heavy (non-hydrogen) atoms. The molecule has 1 amide bonds. The summed E-state index contributed by atoms with van der Waals surface area (Å²) in [6, 6.07) is 0. The average molecular weight is 318 g/mol. The summed E-state index contributed by atoms with van der Waals surface area (Å²) in [7, 11) is 1.27. The number of amides is 1. The lowest BCUT2D eigenvalue weighted by Gasteiger charge is -2.15. The minimum Gasteiger partial charge on any atom is -0.469 e. The highest BCUT2D eigenvalue weighted by Crippen LogP contribution is 2.25. The molecule has 3 heterocycles. The summed E-state index contributed by atoms with van der Waals surface area (Å²) in [4.78, 5) is 41.3. The predicted octanol–water partition coefficient (Wildman–Crippen LogP) is -0.980. The van der Waals surface area contributed by atoms with Crippen LogP contribution in [0.2, 0.25) is 0 Å². The van der Waals surface area contributed by atoms with Crippen molar-refractivity contribution in [2.75, 3.05) is 24.3 Å². The van der Waals surface area contributed by atoms with Gasteiger partial charge in [-0.15, -0.1) is 0 Å². The molecule has 0 spiro atoms. The van der Waals surface area contributed by atoms with Crippen LogP contribution in [-0.4, -0.2) is 50.6 Å². The van der Waals surface area contributed by atoms with Crippen LogP contribution in [-0.2, 0) is 20.9 Å². The van der Waals surface area contributed by atoms with Gasteiger partial charge in [-0.2, -0.15) is 9.97 Å². The van der Waals surface area contributed by atoms with Crippen molar-refractivity contribution >= 4 is 34.8 Å². The molecule has 1 fully saturated rings. The molecule has 2 aromatic heterocycles. The molecule has 0 saturated carbocycles. The first-order chi connectivity index (χ1) is 11.0. The third-order valence-electron chi connectivity index (χ3n) is 3.54. The molecule has 1 aliphatic heterocycles. The topological polar surface area (TPSA) is 144 Å². The number of aliphatic hydroxyl groups is 1. The van der Waals surface area contributed by atoms with Crippen molar-refractivity contribution in [2.45, 2.75) is 13.0 Å². The van der Waals surface area contributed by atoms with E-state index in [0.29, 0.717) is 5.69 Å². The lowest BCUT2D eigenvalue weighted by atomic mass is 10.1. The molecular formula is C13H14N6O4. The molecule has 3 N–H and O–H groups in total. The third-order valence-corrected chi connectivity index (χ3v) is 3.54. The maximum atomic E-state index is 12.1. The highest BCUT2D eigenvalue weighted by Gasteiger charge is 2.37. The second kappa shape index (κ2) is 5.72. The minimum absolute atomic E-state index is 0.0309. The number of methoxy groups -OCH3 is 1. The summed E-state index contributed by atoms with van der Waals surface area (Å²) in [6.07, 6.45) is 1.39. The van der Waals surface area contributed by atoms with Crippen molar-refractivity contribution in [3.8, 4) is 0 Å².